The molecule has 0 bridgehead atoms. The number of aromatic nitrogens is 2. The Bertz CT molecular complexity index is 237. The summed E-state index contributed by atoms with van der Waals surface area (Å²) in [5.41, 5.74) is 3.08. The number of rotatable bonds is 4. The summed E-state index contributed by atoms with van der Waals surface area (Å²) in [6.45, 7) is 5.14. The maximum atomic E-state index is 3.87. The quantitative estimate of drug-likeness (QED) is 0.575. The molecule has 0 radical (unpaired) electrons. The Kier molecular flexibility index (Phi) is 3.73. The molecule has 0 saturated carbocycles. The van der Waals surface area contributed by atoms with Crippen molar-refractivity contribution in [3.05, 3.63) is 17.2 Å². The molecule has 1 N–H and O–H groups in total. The van der Waals surface area contributed by atoms with Gasteiger partial charge in [0.2, 0.25) is 5.13 Å². The molecule has 0 aliphatic carbocycles. The minimum atomic E-state index is 0.900. The summed E-state index contributed by atoms with van der Waals surface area (Å²) >= 11 is 1.53. The van der Waals surface area contributed by atoms with Crippen LogP contribution < -0.4 is 5.32 Å². The molecular weight excluding hydrogens is 170 g/mol. The molecule has 1 heterocycles. The van der Waals surface area contributed by atoms with Gasteiger partial charge in [0.25, 0.3) is 0 Å². The van der Waals surface area contributed by atoms with Gasteiger partial charge in [0.15, 0.2) is 0 Å². The lowest BCUT2D eigenvalue weighted by Gasteiger charge is -1.97. The highest BCUT2D eigenvalue weighted by Gasteiger charge is 1.91. The van der Waals surface area contributed by atoms with Crippen LogP contribution in [0.2, 0.25) is 0 Å². The van der Waals surface area contributed by atoms with Crippen LogP contribution in [0.4, 0.5) is 5.13 Å². The van der Waals surface area contributed by atoms with Crippen LogP contribution in [0.1, 0.15) is 20.3 Å². The Morgan fingerprint density at radius 1 is 1.67 bits per heavy atom. The minimum Gasteiger partial charge on any atom is -0.360 e. The summed E-state index contributed by atoms with van der Waals surface area (Å²) in [5, 5.41) is 11.7. The molecule has 0 aromatic carbocycles. The van der Waals surface area contributed by atoms with Crippen LogP contribution in [-0.2, 0) is 0 Å². The van der Waals surface area contributed by atoms with Crippen molar-refractivity contribution in [2.45, 2.75) is 20.3 Å². The van der Waals surface area contributed by atoms with Crippen molar-refractivity contribution in [2.75, 3.05) is 11.9 Å². The highest BCUT2D eigenvalue weighted by atomic mass is 32.1. The van der Waals surface area contributed by atoms with E-state index >= 15 is 0 Å². The summed E-state index contributed by atoms with van der Waals surface area (Å²) in [5.74, 6) is 0. The maximum Gasteiger partial charge on any atom is 0.205 e. The first-order chi connectivity index (χ1) is 5.79. The molecule has 0 fully saturated rings. The fraction of sp³-hybridized carbons (Fsp3) is 0.500. The third kappa shape index (κ3) is 3.48. The van der Waals surface area contributed by atoms with Gasteiger partial charge < -0.3 is 5.32 Å². The summed E-state index contributed by atoms with van der Waals surface area (Å²) in [6.07, 6.45) is 3.25. The van der Waals surface area contributed by atoms with Crippen LogP contribution in [0.3, 0.4) is 0 Å². The van der Waals surface area contributed by atoms with Crippen LogP contribution in [0.5, 0.6) is 0 Å². The second kappa shape index (κ2) is 4.87. The van der Waals surface area contributed by atoms with Crippen molar-refractivity contribution in [3.8, 4) is 0 Å². The second-order valence-electron chi connectivity index (χ2n) is 2.74. The average molecular weight is 183 g/mol. The van der Waals surface area contributed by atoms with Crippen LogP contribution in [0.15, 0.2) is 17.2 Å². The number of anilines is 1. The molecule has 0 unspecified atom stereocenters. The van der Waals surface area contributed by atoms with Gasteiger partial charge in [-0.25, -0.2) is 0 Å². The highest BCUT2D eigenvalue weighted by molar-refractivity contribution is 7.13. The first kappa shape index (κ1) is 9.19. The third-order valence-corrected chi connectivity index (χ3v) is 1.98. The topological polar surface area (TPSA) is 37.8 Å². The highest BCUT2D eigenvalue weighted by Crippen LogP contribution is 2.07. The van der Waals surface area contributed by atoms with Gasteiger partial charge in [-0.15, -0.1) is 10.2 Å². The van der Waals surface area contributed by atoms with Gasteiger partial charge in [-0.2, -0.15) is 0 Å². The van der Waals surface area contributed by atoms with E-state index in [1.54, 1.807) is 5.51 Å². The van der Waals surface area contributed by atoms with E-state index in [1.807, 2.05) is 0 Å². The molecule has 1 rings (SSSR count). The summed E-state index contributed by atoms with van der Waals surface area (Å²) in [6, 6.07) is 0. The molecular formula is C8H13N3S. The first-order valence-corrected chi connectivity index (χ1v) is 4.80. The van der Waals surface area contributed by atoms with E-state index in [0.29, 0.717) is 0 Å². The fourth-order valence-electron chi connectivity index (χ4n) is 0.790. The molecule has 3 nitrogen and oxygen atoms in total. The molecule has 0 saturated heterocycles. The van der Waals surface area contributed by atoms with Gasteiger partial charge in [0, 0.05) is 6.54 Å². The largest absolute Gasteiger partial charge is 0.360 e. The van der Waals surface area contributed by atoms with E-state index < -0.39 is 0 Å². The number of nitrogens with one attached hydrogen (secondary N) is 1. The van der Waals surface area contributed by atoms with Crippen molar-refractivity contribution < 1.29 is 0 Å². The van der Waals surface area contributed by atoms with Gasteiger partial charge in [-0.1, -0.05) is 23.0 Å². The zero-order chi connectivity index (χ0) is 8.81. The molecule has 0 spiro atoms. The molecule has 0 aliphatic heterocycles. The average Bonchev–Trinajstić information content (AvgIpc) is 2.49. The number of hydrogen-bond acceptors (Lipinski definition) is 4. The number of hydrogen-bond donors (Lipinski definition) is 1. The molecule has 0 aliphatic rings. The second-order valence-corrected chi connectivity index (χ2v) is 3.57. The smallest absolute Gasteiger partial charge is 0.205 e. The molecule has 4 heteroatoms. The molecule has 66 valence electrons. The van der Waals surface area contributed by atoms with Gasteiger partial charge in [0.1, 0.15) is 5.51 Å². The summed E-state index contributed by atoms with van der Waals surface area (Å²) < 4.78 is 0. The van der Waals surface area contributed by atoms with Crippen molar-refractivity contribution in [2.24, 2.45) is 0 Å². The van der Waals surface area contributed by atoms with Crippen LogP contribution in [0, 0.1) is 0 Å². The van der Waals surface area contributed by atoms with Gasteiger partial charge in [-0.05, 0) is 20.3 Å². The lowest BCUT2D eigenvalue weighted by Crippen LogP contribution is -1.99. The van der Waals surface area contributed by atoms with Gasteiger partial charge in [0.05, 0.1) is 0 Å². The maximum absolute atomic E-state index is 3.87. The standard InChI is InChI=1S/C8H13N3S/c1-7(2)4-3-5-9-8-11-10-6-12-8/h4,6H,3,5H2,1-2H3,(H,9,11). The SMILES string of the molecule is CC(C)=CCCNc1nncs1. The lowest BCUT2D eigenvalue weighted by atomic mass is 10.3. The van der Waals surface area contributed by atoms with Crippen molar-refractivity contribution in [3.63, 3.8) is 0 Å². The number of allylic oxidation sites excluding steroid dienone is 1. The van der Waals surface area contributed by atoms with Crippen LogP contribution in [0.25, 0.3) is 0 Å². The van der Waals surface area contributed by atoms with E-state index in [0.717, 1.165) is 18.1 Å². The molecule has 0 atom stereocenters. The van der Waals surface area contributed by atoms with Crippen molar-refractivity contribution >= 4 is 16.5 Å². The summed E-state index contributed by atoms with van der Waals surface area (Å²) in [4.78, 5) is 0. The molecule has 0 amide bonds. The predicted molar refractivity (Wildman–Crippen MR) is 52.4 cm³/mol. The Hall–Kier alpha value is -0.900. The predicted octanol–water partition coefficient (Wildman–Crippen LogP) is 2.31. The normalized spacial score (nSPS) is 9.50. The van der Waals surface area contributed by atoms with Crippen LogP contribution >= 0.6 is 11.3 Å². The fourth-order valence-corrected chi connectivity index (χ4v) is 1.26. The zero-order valence-corrected chi connectivity index (χ0v) is 8.19. The van der Waals surface area contributed by atoms with E-state index in [1.165, 1.54) is 16.9 Å². The van der Waals surface area contributed by atoms with Crippen LogP contribution in [-0.4, -0.2) is 16.7 Å². The number of nitrogens with zero attached hydrogens (tertiary/aromatic N) is 2. The Morgan fingerprint density at radius 3 is 3.08 bits per heavy atom. The van der Waals surface area contributed by atoms with Crippen molar-refractivity contribution in [1.82, 2.24) is 10.2 Å². The monoisotopic (exact) mass is 183 g/mol. The van der Waals surface area contributed by atoms with E-state index in [4.69, 9.17) is 0 Å². The Morgan fingerprint density at radius 2 is 2.50 bits per heavy atom. The molecule has 1 aromatic heterocycles. The van der Waals surface area contributed by atoms with Crippen molar-refractivity contribution in [1.29, 1.82) is 0 Å². The van der Waals surface area contributed by atoms with E-state index in [-0.39, 0.29) is 0 Å². The molecule has 12 heavy (non-hydrogen) atoms. The molecule has 1 aromatic rings. The van der Waals surface area contributed by atoms with E-state index in [9.17, 15) is 0 Å². The van der Waals surface area contributed by atoms with E-state index in [2.05, 4.69) is 35.4 Å². The Labute approximate surface area is 76.5 Å². The van der Waals surface area contributed by atoms with Gasteiger partial charge in [-0.3, -0.25) is 0 Å². The van der Waals surface area contributed by atoms with Gasteiger partial charge >= 0.3 is 0 Å². The summed E-state index contributed by atoms with van der Waals surface area (Å²) in [7, 11) is 0. The zero-order valence-electron chi connectivity index (χ0n) is 7.37. The first-order valence-electron chi connectivity index (χ1n) is 3.92. The Balaban J connectivity index is 2.16. The minimum absolute atomic E-state index is 0.900. The third-order valence-electron chi connectivity index (χ3n) is 1.33. The lowest BCUT2D eigenvalue weighted by molar-refractivity contribution is 1.01.